The first-order chi connectivity index (χ1) is 7.38. The van der Waals surface area contributed by atoms with Crippen molar-refractivity contribution in [2.45, 2.75) is 13.2 Å². The highest BCUT2D eigenvalue weighted by Crippen LogP contribution is 2.01. The normalized spacial score (nSPS) is 10.5. The molecule has 0 aromatic carbocycles. The van der Waals surface area contributed by atoms with Gasteiger partial charge in [0, 0.05) is 12.4 Å². The van der Waals surface area contributed by atoms with E-state index in [1.54, 1.807) is 23.3 Å². The smallest absolute Gasteiger partial charge is 0.113 e. The van der Waals surface area contributed by atoms with E-state index in [4.69, 9.17) is 5.90 Å². The van der Waals surface area contributed by atoms with Crippen molar-refractivity contribution in [3.63, 3.8) is 0 Å². The standard InChI is InChI=1S/C9H11N5O/c10-15-7-9-6-14(13-12-9)5-8-1-3-11-4-2-8/h1-4,6H,5,7,10H2. The van der Waals surface area contributed by atoms with E-state index in [0.29, 0.717) is 12.2 Å². The van der Waals surface area contributed by atoms with Gasteiger partial charge in [0.05, 0.1) is 12.7 Å². The Morgan fingerprint density at radius 2 is 2.13 bits per heavy atom. The minimum Gasteiger partial charge on any atom is -0.298 e. The van der Waals surface area contributed by atoms with E-state index in [9.17, 15) is 0 Å². The summed E-state index contributed by atoms with van der Waals surface area (Å²) in [5.74, 6) is 4.94. The van der Waals surface area contributed by atoms with Crippen LogP contribution in [0, 0.1) is 0 Å². The molecule has 0 unspecified atom stereocenters. The molecule has 2 N–H and O–H groups in total. The molecular weight excluding hydrogens is 194 g/mol. The Morgan fingerprint density at radius 3 is 2.87 bits per heavy atom. The molecule has 2 heterocycles. The number of hydrogen-bond acceptors (Lipinski definition) is 5. The third-order valence-electron chi connectivity index (χ3n) is 1.91. The molecule has 6 nitrogen and oxygen atoms in total. The van der Waals surface area contributed by atoms with Crippen LogP contribution in [0.5, 0.6) is 0 Å². The zero-order valence-electron chi connectivity index (χ0n) is 8.08. The molecule has 15 heavy (non-hydrogen) atoms. The lowest BCUT2D eigenvalue weighted by molar-refractivity contribution is 0.121. The Morgan fingerprint density at radius 1 is 1.33 bits per heavy atom. The Labute approximate surface area is 86.6 Å². The molecule has 2 aromatic heterocycles. The summed E-state index contributed by atoms with van der Waals surface area (Å²) in [5.41, 5.74) is 1.83. The van der Waals surface area contributed by atoms with E-state index in [0.717, 1.165) is 5.56 Å². The Bertz CT molecular complexity index is 413. The molecule has 0 bridgehead atoms. The molecule has 78 valence electrons. The molecular formula is C9H11N5O. The molecule has 0 saturated heterocycles. The fraction of sp³-hybridized carbons (Fsp3) is 0.222. The van der Waals surface area contributed by atoms with Gasteiger partial charge in [-0.05, 0) is 17.7 Å². The SMILES string of the molecule is NOCc1cn(Cc2ccncc2)nn1. The molecule has 0 aliphatic heterocycles. The minimum absolute atomic E-state index is 0.274. The van der Waals surface area contributed by atoms with E-state index >= 15 is 0 Å². The second-order valence-electron chi connectivity index (χ2n) is 3.07. The molecule has 0 amide bonds. The lowest BCUT2D eigenvalue weighted by Gasteiger charge is -1.98. The van der Waals surface area contributed by atoms with Gasteiger partial charge in [0.1, 0.15) is 12.3 Å². The van der Waals surface area contributed by atoms with Gasteiger partial charge < -0.3 is 0 Å². The van der Waals surface area contributed by atoms with Crippen LogP contribution in [-0.4, -0.2) is 20.0 Å². The molecule has 0 aliphatic rings. The van der Waals surface area contributed by atoms with Crippen LogP contribution < -0.4 is 5.90 Å². The topological polar surface area (TPSA) is 78.9 Å². The average Bonchev–Trinajstić information content (AvgIpc) is 2.68. The maximum absolute atomic E-state index is 4.94. The summed E-state index contributed by atoms with van der Waals surface area (Å²) < 4.78 is 1.73. The Hall–Kier alpha value is -1.79. The summed E-state index contributed by atoms with van der Waals surface area (Å²) in [6.45, 7) is 0.941. The third-order valence-corrected chi connectivity index (χ3v) is 1.91. The van der Waals surface area contributed by atoms with Crippen LogP contribution in [0.2, 0.25) is 0 Å². The number of nitrogens with zero attached hydrogens (tertiary/aromatic N) is 4. The first-order valence-electron chi connectivity index (χ1n) is 4.48. The van der Waals surface area contributed by atoms with Gasteiger partial charge in [-0.1, -0.05) is 5.21 Å². The third kappa shape index (κ3) is 2.58. The lowest BCUT2D eigenvalue weighted by Crippen LogP contribution is -2.00. The highest BCUT2D eigenvalue weighted by Gasteiger charge is 2.00. The predicted molar refractivity (Wildman–Crippen MR) is 52.3 cm³/mol. The first kappa shape index (κ1) is 9.75. The van der Waals surface area contributed by atoms with Crippen LogP contribution in [0.1, 0.15) is 11.3 Å². The summed E-state index contributed by atoms with van der Waals surface area (Å²) in [4.78, 5) is 8.41. The van der Waals surface area contributed by atoms with E-state index in [1.807, 2.05) is 12.1 Å². The van der Waals surface area contributed by atoms with Gasteiger partial charge in [0.2, 0.25) is 0 Å². The predicted octanol–water partition coefficient (Wildman–Crippen LogP) is 0.112. The highest BCUT2D eigenvalue weighted by molar-refractivity contribution is 5.10. The van der Waals surface area contributed by atoms with Gasteiger partial charge in [-0.25, -0.2) is 10.6 Å². The maximum atomic E-state index is 4.94. The lowest BCUT2D eigenvalue weighted by atomic mass is 10.3. The molecule has 2 aromatic rings. The molecule has 0 saturated carbocycles. The number of hydrogen-bond donors (Lipinski definition) is 1. The largest absolute Gasteiger partial charge is 0.298 e. The molecule has 0 aliphatic carbocycles. The van der Waals surface area contributed by atoms with Crippen molar-refractivity contribution in [1.82, 2.24) is 20.0 Å². The van der Waals surface area contributed by atoms with E-state index in [-0.39, 0.29) is 6.61 Å². The fourth-order valence-electron chi connectivity index (χ4n) is 1.24. The molecule has 0 atom stereocenters. The number of aromatic nitrogens is 4. The molecule has 0 radical (unpaired) electrons. The van der Waals surface area contributed by atoms with Crippen LogP contribution in [0.4, 0.5) is 0 Å². The number of pyridine rings is 1. The van der Waals surface area contributed by atoms with Crippen molar-refractivity contribution < 1.29 is 4.84 Å². The second-order valence-corrected chi connectivity index (χ2v) is 3.07. The summed E-state index contributed by atoms with van der Waals surface area (Å²) in [6.07, 6.45) is 5.29. The van der Waals surface area contributed by atoms with Gasteiger partial charge in [-0.2, -0.15) is 0 Å². The van der Waals surface area contributed by atoms with Crippen molar-refractivity contribution in [1.29, 1.82) is 0 Å². The summed E-state index contributed by atoms with van der Waals surface area (Å²) in [5, 5.41) is 7.84. The monoisotopic (exact) mass is 205 g/mol. The molecule has 2 rings (SSSR count). The Balaban J connectivity index is 2.05. The minimum atomic E-state index is 0.274. The average molecular weight is 205 g/mol. The van der Waals surface area contributed by atoms with Crippen molar-refractivity contribution in [2.24, 2.45) is 5.90 Å². The van der Waals surface area contributed by atoms with Crippen molar-refractivity contribution >= 4 is 0 Å². The van der Waals surface area contributed by atoms with Crippen molar-refractivity contribution in [3.05, 3.63) is 42.0 Å². The van der Waals surface area contributed by atoms with Gasteiger partial charge in [0.25, 0.3) is 0 Å². The summed E-state index contributed by atoms with van der Waals surface area (Å²) >= 11 is 0. The van der Waals surface area contributed by atoms with Gasteiger partial charge >= 0.3 is 0 Å². The van der Waals surface area contributed by atoms with E-state index in [1.165, 1.54) is 0 Å². The van der Waals surface area contributed by atoms with Crippen LogP contribution >= 0.6 is 0 Å². The molecule has 6 heteroatoms. The quantitative estimate of drug-likeness (QED) is 0.717. The summed E-state index contributed by atoms with van der Waals surface area (Å²) in [7, 11) is 0. The zero-order chi connectivity index (χ0) is 10.5. The van der Waals surface area contributed by atoms with Gasteiger partial charge in [-0.3, -0.25) is 9.82 Å². The van der Waals surface area contributed by atoms with Gasteiger partial charge in [0.15, 0.2) is 0 Å². The summed E-state index contributed by atoms with van der Waals surface area (Å²) in [6, 6.07) is 3.86. The highest BCUT2D eigenvalue weighted by atomic mass is 16.6. The maximum Gasteiger partial charge on any atom is 0.113 e. The van der Waals surface area contributed by atoms with Crippen LogP contribution in [0.3, 0.4) is 0 Å². The zero-order valence-corrected chi connectivity index (χ0v) is 8.08. The van der Waals surface area contributed by atoms with E-state index < -0.39 is 0 Å². The number of nitrogens with two attached hydrogens (primary N) is 1. The van der Waals surface area contributed by atoms with Crippen LogP contribution in [0.15, 0.2) is 30.7 Å². The van der Waals surface area contributed by atoms with Crippen molar-refractivity contribution in [2.75, 3.05) is 0 Å². The Kier molecular flexibility index (Phi) is 3.01. The van der Waals surface area contributed by atoms with Crippen LogP contribution in [0.25, 0.3) is 0 Å². The molecule has 0 spiro atoms. The molecule has 0 fully saturated rings. The van der Waals surface area contributed by atoms with Crippen LogP contribution in [-0.2, 0) is 18.0 Å². The van der Waals surface area contributed by atoms with E-state index in [2.05, 4.69) is 20.1 Å². The number of rotatable bonds is 4. The van der Waals surface area contributed by atoms with Gasteiger partial charge in [-0.15, -0.1) is 5.10 Å². The first-order valence-corrected chi connectivity index (χ1v) is 4.48. The fourth-order valence-corrected chi connectivity index (χ4v) is 1.24. The second kappa shape index (κ2) is 4.63. The van der Waals surface area contributed by atoms with Crippen molar-refractivity contribution in [3.8, 4) is 0 Å².